The number of anilines is 2. The molecule has 1 fully saturated rings. The number of sulfonamides is 1. The summed E-state index contributed by atoms with van der Waals surface area (Å²) in [5.41, 5.74) is 0.692. The van der Waals surface area contributed by atoms with Gasteiger partial charge in [-0.05, 0) is 25.1 Å². The largest absolute Gasteiger partial charge is 0.417 e. The maximum Gasteiger partial charge on any atom is 0.417 e. The first-order valence-corrected chi connectivity index (χ1v) is 10.6. The third-order valence-electron chi connectivity index (χ3n) is 4.86. The quantitative estimate of drug-likeness (QED) is 0.661. The van der Waals surface area contributed by atoms with Crippen molar-refractivity contribution in [1.29, 1.82) is 0 Å². The Bertz CT molecular complexity index is 1210. The summed E-state index contributed by atoms with van der Waals surface area (Å²) in [6.07, 6.45) is 0. The Morgan fingerprint density at radius 3 is 2.52 bits per heavy atom. The van der Waals surface area contributed by atoms with Crippen LogP contribution in [0.3, 0.4) is 0 Å². The van der Waals surface area contributed by atoms with E-state index in [1.54, 1.807) is 0 Å². The molecule has 154 valence electrons. The van der Waals surface area contributed by atoms with Crippen LogP contribution in [0.25, 0.3) is 11.1 Å². The number of fused-ring (bicyclic) bond motifs is 1. The van der Waals surface area contributed by atoms with Gasteiger partial charge in [-0.1, -0.05) is 0 Å². The number of oxazole rings is 1. The first-order valence-electron chi connectivity index (χ1n) is 9.15. The third kappa shape index (κ3) is 3.70. The SMILES string of the molecule is Cc1nc(N(C)C)cc(N2CCN(S(=O)(=O)c3ccc4oc(=O)[nH]c4c3)CC2)n1. The number of aromatic nitrogens is 3. The van der Waals surface area contributed by atoms with Gasteiger partial charge in [0.25, 0.3) is 0 Å². The topological polar surface area (TPSA) is 116 Å². The minimum atomic E-state index is -3.68. The lowest BCUT2D eigenvalue weighted by Gasteiger charge is -2.35. The molecular formula is C18H22N6O4S. The van der Waals surface area contributed by atoms with E-state index in [9.17, 15) is 13.2 Å². The Morgan fingerprint density at radius 1 is 1.10 bits per heavy atom. The number of aromatic amines is 1. The number of hydrogen-bond donors (Lipinski definition) is 1. The van der Waals surface area contributed by atoms with E-state index in [2.05, 4.69) is 19.9 Å². The van der Waals surface area contributed by atoms with Crippen molar-refractivity contribution < 1.29 is 12.8 Å². The average Bonchev–Trinajstić information content (AvgIpc) is 3.06. The Labute approximate surface area is 167 Å². The van der Waals surface area contributed by atoms with Crippen LogP contribution in [0.2, 0.25) is 0 Å². The van der Waals surface area contributed by atoms with Gasteiger partial charge in [0.2, 0.25) is 10.0 Å². The van der Waals surface area contributed by atoms with E-state index in [1.807, 2.05) is 32.0 Å². The number of nitrogens with one attached hydrogen (secondary N) is 1. The van der Waals surface area contributed by atoms with Crippen molar-refractivity contribution >= 4 is 32.8 Å². The zero-order valence-corrected chi connectivity index (χ0v) is 17.2. The molecular weight excluding hydrogens is 396 g/mol. The maximum absolute atomic E-state index is 13.0. The number of rotatable bonds is 4. The molecule has 2 aromatic heterocycles. The van der Waals surface area contributed by atoms with Crippen LogP contribution >= 0.6 is 0 Å². The van der Waals surface area contributed by atoms with Crippen molar-refractivity contribution in [2.24, 2.45) is 0 Å². The summed E-state index contributed by atoms with van der Waals surface area (Å²) in [6, 6.07) is 6.28. The smallest absolute Gasteiger partial charge is 0.408 e. The van der Waals surface area contributed by atoms with E-state index >= 15 is 0 Å². The van der Waals surface area contributed by atoms with Crippen molar-refractivity contribution in [1.82, 2.24) is 19.3 Å². The predicted molar refractivity (Wildman–Crippen MR) is 109 cm³/mol. The van der Waals surface area contributed by atoms with Crippen LogP contribution in [0.1, 0.15) is 5.82 Å². The monoisotopic (exact) mass is 418 g/mol. The molecule has 0 spiro atoms. The summed E-state index contributed by atoms with van der Waals surface area (Å²) in [6.45, 7) is 3.56. The van der Waals surface area contributed by atoms with Gasteiger partial charge >= 0.3 is 5.76 Å². The lowest BCUT2D eigenvalue weighted by Crippen LogP contribution is -2.49. The molecule has 1 saturated heterocycles. The highest BCUT2D eigenvalue weighted by Gasteiger charge is 2.29. The molecule has 1 aliphatic rings. The molecule has 4 rings (SSSR count). The number of nitrogens with zero attached hydrogens (tertiary/aromatic N) is 5. The summed E-state index contributed by atoms with van der Waals surface area (Å²) in [5, 5.41) is 0. The average molecular weight is 418 g/mol. The first-order chi connectivity index (χ1) is 13.7. The molecule has 0 radical (unpaired) electrons. The standard InChI is InChI=1S/C18H22N6O4S/c1-12-19-16(22(2)3)11-17(20-12)23-6-8-24(9-7-23)29(26,27)13-4-5-15-14(10-13)21-18(25)28-15/h4-5,10-11H,6-9H2,1-3H3,(H,21,25). The van der Waals surface area contributed by atoms with Gasteiger partial charge in [0.1, 0.15) is 17.5 Å². The second-order valence-corrected chi connectivity index (χ2v) is 9.03. The van der Waals surface area contributed by atoms with Gasteiger partial charge in [0, 0.05) is 46.3 Å². The van der Waals surface area contributed by atoms with E-state index in [0.29, 0.717) is 43.1 Å². The number of piperazine rings is 1. The molecule has 3 heterocycles. The lowest BCUT2D eigenvalue weighted by molar-refractivity contribution is 0.383. The van der Waals surface area contributed by atoms with Crippen LogP contribution < -0.4 is 15.6 Å². The highest BCUT2D eigenvalue weighted by atomic mass is 32.2. The van der Waals surface area contributed by atoms with Crippen LogP contribution in [0.5, 0.6) is 0 Å². The second-order valence-electron chi connectivity index (χ2n) is 7.09. The molecule has 3 aromatic rings. The zero-order valence-electron chi connectivity index (χ0n) is 16.4. The van der Waals surface area contributed by atoms with Crippen LogP contribution in [0.15, 0.2) is 38.4 Å². The third-order valence-corrected chi connectivity index (χ3v) is 6.75. The number of H-pyrrole nitrogens is 1. The minimum Gasteiger partial charge on any atom is -0.408 e. The molecule has 0 atom stereocenters. The molecule has 11 heteroatoms. The number of hydrogen-bond acceptors (Lipinski definition) is 8. The molecule has 1 N–H and O–H groups in total. The number of benzene rings is 1. The Morgan fingerprint density at radius 2 is 1.83 bits per heavy atom. The molecule has 0 saturated carbocycles. The van der Waals surface area contributed by atoms with E-state index in [-0.39, 0.29) is 4.90 Å². The predicted octanol–water partition coefficient (Wildman–Crippen LogP) is 0.796. The normalized spacial score (nSPS) is 15.8. The van der Waals surface area contributed by atoms with Crippen molar-refractivity contribution in [3.8, 4) is 0 Å². The molecule has 1 aromatic carbocycles. The van der Waals surface area contributed by atoms with Crippen molar-refractivity contribution in [2.45, 2.75) is 11.8 Å². The van der Waals surface area contributed by atoms with Gasteiger partial charge in [-0.15, -0.1) is 0 Å². The van der Waals surface area contributed by atoms with Gasteiger partial charge in [0.05, 0.1) is 10.4 Å². The Hall–Kier alpha value is -2.92. The van der Waals surface area contributed by atoms with Crippen molar-refractivity contribution in [3.05, 3.63) is 40.6 Å². The van der Waals surface area contributed by atoms with Gasteiger partial charge in [-0.3, -0.25) is 4.98 Å². The first kappa shape index (κ1) is 19.4. The van der Waals surface area contributed by atoms with Crippen LogP contribution in [0.4, 0.5) is 11.6 Å². The fraction of sp³-hybridized carbons (Fsp3) is 0.389. The minimum absolute atomic E-state index is 0.128. The Balaban J connectivity index is 1.53. The zero-order chi connectivity index (χ0) is 20.8. The summed E-state index contributed by atoms with van der Waals surface area (Å²) < 4.78 is 32.4. The highest BCUT2D eigenvalue weighted by Crippen LogP contribution is 2.24. The van der Waals surface area contributed by atoms with Crippen LogP contribution in [-0.4, -0.2) is 67.9 Å². The van der Waals surface area contributed by atoms with Gasteiger partial charge in [-0.25, -0.2) is 23.2 Å². The molecule has 0 aliphatic carbocycles. The van der Waals surface area contributed by atoms with Crippen LogP contribution in [-0.2, 0) is 10.0 Å². The summed E-state index contributed by atoms with van der Waals surface area (Å²) in [4.78, 5) is 26.8. The highest BCUT2D eigenvalue weighted by molar-refractivity contribution is 7.89. The second kappa shape index (κ2) is 7.16. The molecule has 29 heavy (non-hydrogen) atoms. The number of aryl methyl sites for hydroxylation is 1. The van der Waals surface area contributed by atoms with E-state index < -0.39 is 15.8 Å². The molecule has 1 aliphatic heterocycles. The fourth-order valence-electron chi connectivity index (χ4n) is 3.33. The van der Waals surface area contributed by atoms with E-state index in [1.165, 1.54) is 22.5 Å². The van der Waals surface area contributed by atoms with Gasteiger partial charge in [0.15, 0.2) is 5.58 Å². The molecule has 0 unspecified atom stereocenters. The molecule has 0 amide bonds. The maximum atomic E-state index is 13.0. The summed E-state index contributed by atoms with van der Waals surface area (Å²) in [7, 11) is 0.156. The lowest BCUT2D eigenvalue weighted by atomic mass is 10.3. The van der Waals surface area contributed by atoms with Gasteiger partial charge in [-0.2, -0.15) is 4.31 Å². The fourth-order valence-corrected chi connectivity index (χ4v) is 4.77. The molecule has 0 bridgehead atoms. The van der Waals surface area contributed by atoms with Crippen LogP contribution in [0, 0.1) is 6.92 Å². The summed E-state index contributed by atoms with van der Waals surface area (Å²) >= 11 is 0. The van der Waals surface area contributed by atoms with Crippen molar-refractivity contribution in [3.63, 3.8) is 0 Å². The Kier molecular flexibility index (Phi) is 4.79. The van der Waals surface area contributed by atoms with Gasteiger partial charge < -0.3 is 14.2 Å². The van der Waals surface area contributed by atoms with E-state index in [0.717, 1.165) is 11.6 Å². The molecule has 10 nitrogen and oxygen atoms in total. The summed E-state index contributed by atoms with van der Waals surface area (Å²) in [5.74, 6) is 1.66. The van der Waals surface area contributed by atoms with E-state index in [4.69, 9.17) is 4.42 Å². The van der Waals surface area contributed by atoms with Crippen molar-refractivity contribution in [2.75, 3.05) is 50.1 Å².